The molecule has 3 aromatic carbocycles. The van der Waals surface area contributed by atoms with Gasteiger partial charge in [0.2, 0.25) is 5.91 Å². The second-order valence-electron chi connectivity index (χ2n) is 9.76. The summed E-state index contributed by atoms with van der Waals surface area (Å²) in [5.41, 5.74) is -0.105. The van der Waals surface area contributed by atoms with Crippen molar-refractivity contribution < 1.29 is 22.7 Å². The van der Waals surface area contributed by atoms with Gasteiger partial charge in [0.05, 0.1) is 21.8 Å². The summed E-state index contributed by atoms with van der Waals surface area (Å²) in [5.74, 6) is -0.716. The molecule has 3 aromatic rings. The first-order valence-electron chi connectivity index (χ1n) is 11.5. The number of ether oxygens (including phenoxy) is 1. The molecule has 1 atom stereocenters. The number of nitrogens with zero attached hydrogens (tertiary/aromatic N) is 1. The van der Waals surface area contributed by atoms with Gasteiger partial charge in [0.1, 0.15) is 5.60 Å². The molecule has 1 aliphatic rings. The Morgan fingerprint density at radius 1 is 0.886 bits per heavy atom. The first-order valence-corrected chi connectivity index (χ1v) is 13.2. The van der Waals surface area contributed by atoms with Crippen molar-refractivity contribution in [2.45, 2.75) is 49.5 Å². The third kappa shape index (κ3) is 5.00. The molecule has 0 N–H and O–H groups in total. The van der Waals surface area contributed by atoms with E-state index in [0.29, 0.717) is 11.3 Å². The number of hydrogen-bond acceptors (Lipinski definition) is 5. The Bertz CT molecular complexity index is 1330. The third-order valence-corrected chi connectivity index (χ3v) is 7.83. The molecular formula is C28H29NO5S. The largest absolute Gasteiger partial charge is 0.443 e. The van der Waals surface area contributed by atoms with E-state index in [2.05, 4.69) is 0 Å². The fraction of sp³-hybridized carbons (Fsp3) is 0.286. The summed E-state index contributed by atoms with van der Waals surface area (Å²) in [6.45, 7) is 5.21. The van der Waals surface area contributed by atoms with Crippen LogP contribution in [0.4, 0.5) is 10.5 Å². The van der Waals surface area contributed by atoms with E-state index in [1.165, 1.54) is 0 Å². The molecule has 0 bridgehead atoms. The van der Waals surface area contributed by atoms with E-state index < -0.39 is 32.9 Å². The standard InChI is InChI=1S/C28H29NO5S/c1-27(2,3)34-26(31)29-24-17-11-10-16-23(24)28(25(29)30,20-21-12-6-4-7-13-21)18-19-35(32,33)22-14-8-5-9-15-22/h4-17H,18-20H2,1-3H3/t28-/m1/s1. The molecule has 6 nitrogen and oxygen atoms in total. The summed E-state index contributed by atoms with van der Waals surface area (Å²) in [6, 6.07) is 24.7. The molecule has 1 aliphatic heterocycles. The fourth-order valence-electron chi connectivity index (χ4n) is 4.50. The molecule has 0 radical (unpaired) electrons. The minimum absolute atomic E-state index is 0.0221. The topological polar surface area (TPSA) is 80.8 Å². The Kier molecular flexibility index (Phi) is 6.56. The van der Waals surface area contributed by atoms with Crippen LogP contribution in [0.15, 0.2) is 89.8 Å². The first-order chi connectivity index (χ1) is 16.5. The number of rotatable bonds is 6. The molecule has 1 heterocycles. The van der Waals surface area contributed by atoms with Gasteiger partial charge in [-0.15, -0.1) is 0 Å². The molecule has 35 heavy (non-hydrogen) atoms. The highest BCUT2D eigenvalue weighted by atomic mass is 32.2. The lowest BCUT2D eigenvalue weighted by molar-refractivity contribution is -0.123. The Morgan fingerprint density at radius 2 is 1.46 bits per heavy atom. The molecular weight excluding hydrogens is 462 g/mol. The predicted octanol–water partition coefficient (Wildman–Crippen LogP) is 5.31. The number of carbonyl (C=O) groups excluding carboxylic acids is 2. The lowest BCUT2D eigenvalue weighted by atomic mass is 9.74. The van der Waals surface area contributed by atoms with Crippen LogP contribution < -0.4 is 4.90 Å². The maximum Gasteiger partial charge on any atom is 0.421 e. The molecule has 2 amide bonds. The zero-order valence-electron chi connectivity index (χ0n) is 20.1. The summed E-state index contributed by atoms with van der Waals surface area (Å²) < 4.78 is 31.9. The van der Waals surface area contributed by atoms with Crippen LogP contribution in [0.5, 0.6) is 0 Å². The zero-order chi connectivity index (χ0) is 25.3. The zero-order valence-corrected chi connectivity index (χ0v) is 20.9. The number of amides is 2. The second kappa shape index (κ2) is 9.30. The highest BCUT2D eigenvalue weighted by Gasteiger charge is 2.53. The van der Waals surface area contributed by atoms with Crippen molar-refractivity contribution in [1.29, 1.82) is 0 Å². The van der Waals surface area contributed by atoms with Gasteiger partial charge in [0, 0.05) is 0 Å². The predicted molar refractivity (Wildman–Crippen MR) is 135 cm³/mol. The van der Waals surface area contributed by atoms with Crippen LogP contribution in [0.3, 0.4) is 0 Å². The Hall–Kier alpha value is -3.45. The molecule has 7 heteroatoms. The quantitative estimate of drug-likeness (QED) is 0.467. The van der Waals surface area contributed by atoms with Gasteiger partial charge in [-0.2, -0.15) is 0 Å². The van der Waals surface area contributed by atoms with E-state index in [1.807, 2.05) is 30.3 Å². The number of fused-ring (bicyclic) bond motifs is 1. The van der Waals surface area contributed by atoms with Crippen LogP contribution >= 0.6 is 0 Å². The number of hydrogen-bond donors (Lipinski definition) is 0. The van der Waals surface area contributed by atoms with E-state index in [-0.39, 0.29) is 23.5 Å². The molecule has 0 aliphatic carbocycles. The van der Waals surface area contributed by atoms with Gasteiger partial charge in [-0.3, -0.25) is 4.79 Å². The molecule has 0 saturated heterocycles. The number of para-hydroxylation sites is 1. The van der Waals surface area contributed by atoms with Gasteiger partial charge in [0.25, 0.3) is 0 Å². The summed E-state index contributed by atoms with van der Waals surface area (Å²) in [5, 5.41) is 0. The maximum atomic E-state index is 14.1. The van der Waals surface area contributed by atoms with Crippen LogP contribution in [0, 0.1) is 0 Å². The highest BCUT2D eigenvalue weighted by molar-refractivity contribution is 7.91. The van der Waals surface area contributed by atoms with Gasteiger partial charge in [-0.1, -0.05) is 66.7 Å². The number of imide groups is 1. The molecule has 0 fully saturated rings. The average Bonchev–Trinajstić information content (AvgIpc) is 3.06. The van der Waals surface area contributed by atoms with Crippen molar-refractivity contribution in [3.63, 3.8) is 0 Å². The highest BCUT2D eigenvalue weighted by Crippen LogP contribution is 2.47. The average molecular weight is 492 g/mol. The lowest BCUT2D eigenvalue weighted by Crippen LogP contribution is -2.47. The smallest absolute Gasteiger partial charge is 0.421 e. The van der Waals surface area contributed by atoms with Gasteiger partial charge in [0.15, 0.2) is 9.84 Å². The van der Waals surface area contributed by atoms with Crippen LogP contribution in [0.1, 0.15) is 38.3 Å². The number of benzene rings is 3. The van der Waals surface area contributed by atoms with Crippen LogP contribution in [0.25, 0.3) is 0 Å². The minimum atomic E-state index is -3.66. The Balaban J connectivity index is 1.79. The van der Waals surface area contributed by atoms with E-state index in [9.17, 15) is 18.0 Å². The van der Waals surface area contributed by atoms with Crippen LogP contribution in [0.2, 0.25) is 0 Å². The maximum absolute atomic E-state index is 14.1. The van der Waals surface area contributed by atoms with Gasteiger partial charge < -0.3 is 4.74 Å². The lowest BCUT2D eigenvalue weighted by Gasteiger charge is -2.29. The van der Waals surface area contributed by atoms with Crippen molar-refractivity contribution in [3.8, 4) is 0 Å². The summed E-state index contributed by atoms with van der Waals surface area (Å²) in [7, 11) is -3.66. The summed E-state index contributed by atoms with van der Waals surface area (Å²) in [6.07, 6.45) is -0.488. The molecule has 0 aromatic heterocycles. The van der Waals surface area contributed by atoms with Crippen molar-refractivity contribution in [2.75, 3.05) is 10.7 Å². The van der Waals surface area contributed by atoms with Crippen molar-refractivity contribution in [3.05, 3.63) is 96.1 Å². The van der Waals surface area contributed by atoms with Gasteiger partial charge in [-0.05, 0) is 62.9 Å². The Morgan fingerprint density at radius 3 is 2.09 bits per heavy atom. The van der Waals surface area contributed by atoms with E-state index in [0.717, 1.165) is 10.5 Å². The Labute approximate surface area is 206 Å². The van der Waals surface area contributed by atoms with Crippen molar-refractivity contribution in [1.82, 2.24) is 0 Å². The van der Waals surface area contributed by atoms with Gasteiger partial charge in [-0.25, -0.2) is 18.1 Å². The second-order valence-corrected chi connectivity index (χ2v) is 11.9. The van der Waals surface area contributed by atoms with E-state index in [4.69, 9.17) is 4.74 Å². The number of carbonyl (C=O) groups is 2. The van der Waals surface area contributed by atoms with E-state index >= 15 is 0 Å². The SMILES string of the molecule is CC(C)(C)OC(=O)N1C(=O)[C@](CCS(=O)(=O)c2ccccc2)(Cc2ccccc2)c2ccccc21. The molecule has 0 spiro atoms. The molecule has 0 saturated carbocycles. The number of sulfone groups is 1. The normalized spacial score (nSPS) is 17.8. The molecule has 4 rings (SSSR count). The van der Waals surface area contributed by atoms with Crippen LogP contribution in [-0.4, -0.2) is 31.8 Å². The summed E-state index contributed by atoms with van der Waals surface area (Å²) >= 11 is 0. The molecule has 182 valence electrons. The summed E-state index contributed by atoms with van der Waals surface area (Å²) in [4.78, 5) is 28.5. The molecule has 0 unspecified atom stereocenters. The van der Waals surface area contributed by atoms with Gasteiger partial charge >= 0.3 is 6.09 Å². The monoisotopic (exact) mass is 491 g/mol. The van der Waals surface area contributed by atoms with Crippen molar-refractivity contribution >= 4 is 27.5 Å². The third-order valence-electron chi connectivity index (χ3n) is 6.10. The number of anilines is 1. The minimum Gasteiger partial charge on any atom is -0.443 e. The van der Waals surface area contributed by atoms with E-state index in [1.54, 1.807) is 75.4 Å². The van der Waals surface area contributed by atoms with Crippen molar-refractivity contribution in [2.24, 2.45) is 0 Å². The van der Waals surface area contributed by atoms with Crippen LogP contribution in [-0.2, 0) is 31.2 Å². The fourth-order valence-corrected chi connectivity index (χ4v) is 5.92. The first kappa shape index (κ1) is 24.7.